The minimum atomic E-state index is -4.00. The number of allylic oxidation sites excluding steroid dienone is 2. The van der Waals surface area contributed by atoms with Crippen molar-refractivity contribution in [2.45, 2.75) is 83.8 Å². The van der Waals surface area contributed by atoms with Gasteiger partial charge in [-0.2, -0.15) is 8.42 Å². The molecule has 2 aliphatic carbocycles. The number of fused-ring (bicyclic) bond motifs is 1. The van der Waals surface area contributed by atoms with Crippen molar-refractivity contribution in [2.24, 2.45) is 28.9 Å². The minimum absolute atomic E-state index is 0.0741. The molecule has 1 aromatic carbocycles. The summed E-state index contributed by atoms with van der Waals surface area (Å²) >= 11 is 0. The lowest BCUT2D eigenvalue weighted by molar-refractivity contribution is -0.191. The third-order valence-electron chi connectivity index (χ3n) is 6.49. The molecule has 1 aromatic rings. The Bertz CT molecular complexity index is 1040. The van der Waals surface area contributed by atoms with Crippen LogP contribution in [0.15, 0.2) is 46.9 Å². The van der Waals surface area contributed by atoms with Gasteiger partial charge in [0.15, 0.2) is 5.92 Å². The van der Waals surface area contributed by atoms with Gasteiger partial charge in [-0.3, -0.25) is 14.1 Å². The summed E-state index contributed by atoms with van der Waals surface area (Å²) in [6.07, 6.45) is 5.04. The Balaban J connectivity index is 0.000000380. The summed E-state index contributed by atoms with van der Waals surface area (Å²) in [4.78, 5) is 26.0. The van der Waals surface area contributed by atoms with Gasteiger partial charge < -0.3 is 15.2 Å². The van der Waals surface area contributed by atoms with Crippen LogP contribution >= 0.6 is 0 Å². The van der Waals surface area contributed by atoms with Gasteiger partial charge in [-0.15, -0.1) is 0 Å². The molecule has 0 bridgehead atoms. The van der Waals surface area contributed by atoms with Gasteiger partial charge in [0.25, 0.3) is 10.1 Å². The van der Waals surface area contributed by atoms with E-state index in [-0.39, 0.29) is 17.4 Å². The van der Waals surface area contributed by atoms with Crippen molar-refractivity contribution in [2.75, 3.05) is 6.54 Å². The smallest absolute Gasteiger partial charge is 0.321 e. The van der Waals surface area contributed by atoms with Gasteiger partial charge in [0.05, 0.1) is 4.90 Å². The van der Waals surface area contributed by atoms with Gasteiger partial charge in [0, 0.05) is 5.41 Å². The summed E-state index contributed by atoms with van der Waals surface area (Å²) in [6.45, 7) is 13.2. The fourth-order valence-electron chi connectivity index (χ4n) is 5.01. The van der Waals surface area contributed by atoms with Gasteiger partial charge in [0.1, 0.15) is 11.2 Å². The predicted molar refractivity (Wildman–Crippen MR) is 138 cm³/mol. The van der Waals surface area contributed by atoms with Crippen LogP contribution in [0.25, 0.3) is 0 Å². The number of carbonyl (C=O) groups excluding carboxylic acids is 2. The fraction of sp³-hybridized carbons (Fsp3) is 0.630. The summed E-state index contributed by atoms with van der Waals surface area (Å²) in [5.74, 6) is -1.41. The van der Waals surface area contributed by atoms with Crippen LogP contribution in [0.1, 0.15) is 67.7 Å². The van der Waals surface area contributed by atoms with Crippen LogP contribution < -0.4 is 5.73 Å². The van der Waals surface area contributed by atoms with Crippen LogP contribution in [0, 0.1) is 23.2 Å². The zero-order chi connectivity index (χ0) is 27.5. The van der Waals surface area contributed by atoms with Crippen LogP contribution in [-0.2, 0) is 29.2 Å². The molecule has 2 aliphatic rings. The molecule has 1 fully saturated rings. The molecule has 3 rings (SSSR count). The van der Waals surface area contributed by atoms with Gasteiger partial charge in [-0.1, -0.05) is 36.8 Å². The van der Waals surface area contributed by atoms with Crippen molar-refractivity contribution >= 4 is 22.1 Å². The first-order valence-electron chi connectivity index (χ1n) is 12.3. The van der Waals surface area contributed by atoms with Crippen molar-refractivity contribution in [3.8, 4) is 0 Å². The molecule has 0 spiro atoms. The second-order valence-corrected chi connectivity index (χ2v) is 13.0. The van der Waals surface area contributed by atoms with Crippen LogP contribution in [0.5, 0.6) is 0 Å². The Kier molecular flexibility index (Phi) is 9.19. The molecule has 1 saturated carbocycles. The number of ether oxygens (including phenoxy) is 2. The molecular weight excluding hydrogens is 482 g/mol. The Labute approximate surface area is 215 Å². The van der Waals surface area contributed by atoms with Gasteiger partial charge >= 0.3 is 11.9 Å². The topological polar surface area (TPSA) is 133 Å². The number of hydrogen-bond acceptors (Lipinski definition) is 7. The van der Waals surface area contributed by atoms with Crippen molar-refractivity contribution < 1.29 is 32.0 Å². The van der Waals surface area contributed by atoms with E-state index in [9.17, 15) is 18.0 Å². The highest BCUT2D eigenvalue weighted by Crippen LogP contribution is 2.62. The summed E-state index contributed by atoms with van der Waals surface area (Å²) < 4.78 is 40.4. The zero-order valence-electron chi connectivity index (χ0n) is 22.4. The molecular formula is C27H41NO7S. The van der Waals surface area contributed by atoms with E-state index in [1.807, 2.05) is 0 Å². The predicted octanol–water partition coefficient (Wildman–Crippen LogP) is 4.54. The maximum atomic E-state index is 13.0. The lowest BCUT2D eigenvalue weighted by atomic mass is 9.49. The highest BCUT2D eigenvalue weighted by molar-refractivity contribution is 7.85. The number of benzene rings is 1. The molecule has 8 nitrogen and oxygen atoms in total. The van der Waals surface area contributed by atoms with Crippen LogP contribution in [-0.4, -0.2) is 42.7 Å². The standard InChI is InChI=1S/C21H35NO4.C6H6O3S/c1-8-13-9-14-11-21(12-22,15(14)10-13)16(17(23)25-19(2,3)4)18(24)26-20(5,6)7;7-10(8,9)6-4-2-1-3-5-6/h10,14-16H,8-9,11-12,22H2,1-7H3;1-5H,(H,7,8,9). The molecule has 0 aliphatic heterocycles. The first-order chi connectivity index (χ1) is 16.4. The van der Waals surface area contributed by atoms with Crippen molar-refractivity contribution in [1.82, 2.24) is 0 Å². The molecule has 0 heterocycles. The van der Waals surface area contributed by atoms with E-state index in [1.54, 1.807) is 59.7 Å². The molecule has 3 unspecified atom stereocenters. The lowest BCUT2D eigenvalue weighted by Gasteiger charge is -2.54. The number of carbonyl (C=O) groups is 2. The quantitative estimate of drug-likeness (QED) is 0.240. The molecule has 202 valence electrons. The summed E-state index contributed by atoms with van der Waals surface area (Å²) in [5, 5.41) is 0. The van der Waals surface area contributed by atoms with E-state index >= 15 is 0 Å². The fourth-order valence-corrected chi connectivity index (χ4v) is 5.51. The van der Waals surface area contributed by atoms with E-state index in [0.29, 0.717) is 5.92 Å². The molecule has 0 radical (unpaired) electrons. The first kappa shape index (κ1) is 30.0. The summed E-state index contributed by atoms with van der Waals surface area (Å²) in [6, 6.07) is 7.42. The third kappa shape index (κ3) is 7.40. The monoisotopic (exact) mass is 523 g/mol. The number of hydrogen-bond donors (Lipinski definition) is 2. The number of nitrogens with two attached hydrogens (primary N) is 1. The molecule has 3 N–H and O–H groups in total. The maximum Gasteiger partial charge on any atom is 0.321 e. The van der Waals surface area contributed by atoms with Gasteiger partial charge in [-0.25, -0.2) is 0 Å². The Hall–Kier alpha value is -2.23. The van der Waals surface area contributed by atoms with Crippen molar-refractivity contribution in [1.29, 1.82) is 0 Å². The van der Waals surface area contributed by atoms with E-state index in [4.69, 9.17) is 19.8 Å². The highest BCUT2D eigenvalue weighted by atomic mass is 32.2. The van der Waals surface area contributed by atoms with E-state index in [1.165, 1.54) is 17.7 Å². The van der Waals surface area contributed by atoms with E-state index in [2.05, 4.69) is 13.0 Å². The van der Waals surface area contributed by atoms with Crippen molar-refractivity contribution in [3.05, 3.63) is 42.0 Å². The highest BCUT2D eigenvalue weighted by Gasteiger charge is 2.63. The molecule has 3 atom stereocenters. The Morgan fingerprint density at radius 3 is 1.92 bits per heavy atom. The zero-order valence-corrected chi connectivity index (χ0v) is 23.2. The van der Waals surface area contributed by atoms with E-state index < -0.39 is 44.6 Å². The van der Waals surface area contributed by atoms with Crippen molar-refractivity contribution in [3.63, 3.8) is 0 Å². The minimum Gasteiger partial charge on any atom is -0.459 e. The Morgan fingerprint density at radius 2 is 1.56 bits per heavy atom. The summed E-state index contributed by atoms with van der Waals surface area (Å²) in [7, 11) is -4.00. The number of esters is 2. The molecule has 36 heavy (non-hydrogen) atoms. The average Bonchev–Trinajstić information content (AvgIpc) is 3.07. The maximum absolute atomic E-state index is 13.0. The van der Waals surface area contributed by atoms with E-state index in [0.717, 1.165) is 19.3 Å². The Morgan fingerprint density at radius 1 is 1.06 bits per heavy atom. The summed E-state index contributed by atoms with van der Waals surface area (Å²) in [5.41, 5.74) is 5.62. The SMILES string of the molecule is CCC1=CC2C(C1)CC2(CN)C(C(=O)OC(C)(C)C)C(=O)OC(C)(C)C.O=S(=O)(O)c1ccccc1. The molecule has 0 saturated heterocycles. The number of rotatable bonds is 6. The average molecular weight is 524 g/mol. The van der Waals surface area contributed by atoms with Crippen LogP contribution in [0.3, 0.4) is 0 Å². The van der Waals surface area contributed by atoms with Gasteiger partial charge in [-0.05, 0) is 91.3 Å². The second-order valence-electron chi connectivity index (χ2n) is 11.6. The second kappa shape index (κ2) is 11.0. The van der Waals surface area contributed by atoms with Crippen LogP contribution in [0.4, 0.5) is 0 Å². The normalized spacial score (nSPS) is 23.6. The largest absolute Gasteiger partial charge is 0.459 e. The lowest BCUT2D eigenvalue weighted by Crippen LogP contribution is -2.60. The molecule has 9 heteroatoms. The van der Waals surface area contributed by atoms with Crippen LogP contribution in [0.2, 0.25) is 0 Å². The molecule has 0 amide bonds. The first-order valence-corrected chi connectivity index (χ1v) is 13.8. The van der Waals surface area contributed by atoms with Gasteiger partial charge in [0.2, 0.25) is 0 Å². The molecule has 0 aromatic heterocycles. The third-order valence-corrected chi connectivity index (χ3v) is 7.36.